The lowest BCUT2D eigenvalue weighted by Gasteiger charge is -2.21. The molecule has 1 atom stereocenters. The largest absolute Gasteiger partial charge is 0.454 e. The normalized spacial score (nSPS) is 16.9. The van der Waals surface area contributed by atoms with E-state index in [4.69, 9.17) is 21.1 Å². The smallest absolute Gasteiger partial charge is 0.311 e. The number of hydrogen-bond acceptors (Lipinski definition) is 5. The fourth-order valence-corrected chi connectivity index (χ4v) is 2.50. The number of fused-ring (bicyclic) bond motifs is 1. The van der Waals surface area contributed by atoms with Gasteiger partial charge >= 0.3 is 5.97 Å². The molecule has 1 aliphatic heterocycles. The number of carbonyl (C=O) groups excluding carboxylic acids is 1. The molecule has 0 saturated heterocycles. The third-order valence-electron chi connectivity index (χ3n) is 3.49. The first kappa shape index (κ1) is 14.6. The Morgan fingerprint density at radius 1 is 1.41 bits per heavy atom. The van der Waals surface area contributed by atoms with Gasteiger partial charge in [-0.15, -0.1) is 0 Å². The van der Waals surface area contributed by atoms with Crippen molar-refractivity contribution in [3.8, 4) is 17.2 Å². The van der Waals surface area contributed by atoms with Crippen molar-refractivity contribution in [1.29, 1.82) is 0 Å². The summed E-state index contributed by atoms with van der Waals surface area (Å²) in [6, 6.07) is 5.18. The lowest BCUT2D eigenvalue weighted by atomic mass is 9.95. The molecule has 0 fully saturated rings. The van der Waals surface area contributed by atoms with E-state index < -0.39 is 5.56 Å². The summed E-state index contributed by atoms with van der Waals surface area (Å²) < 4.78 is 11.9. The quantitative estimate of drug-likeness (QED) is 0.628. The molecule has 0 N–H and O–H groups in total. The van der Waals surface area contributed by atoms with E-state index in [2.05, 4.69) is 5.10 Å². The topological polar surface area (TPSA) is 70.4 Å². The van der Waals surface area contributed by atoms with E-state index >= 15 is 0 Å². The predicted molar refractivity (Wildman–Crippen MR) is 79.7 cm³/mol. The lowest BCUT2D eigenvalue weighted by molar-refractivity contribution is -0.135. The van der Waals surface area contributed by atoms with Crippen molar-refractivity contribution in [3.63, 3.8) is 0 Å². The van der Waals surface area contributed by atoms with E-state index in [-0.39, 0.29) is 22.7 Å². The van der Waals surface area contributed by atoms with Gasteiger partial charge in [-0.3, -0.25) is 9.59 Å². The first-order valence-electron chi connectivity index (χ1n) is 6.70. The lowest BCUT2D eigenvalue weighted by Crippen LogP contribution is -2.20. The van der Waals surface area contributed by atoms with E-state index in [1.807, 2.05) is 13.0 Å². The van der Waals surface area contributed by atoms with Crippen LogP contribution in [0.1, 0.15) is 24.8 Å². The number of carbonyl (C=O) groups is 1. The number of hydrogen-bond donors (Lipinski definition) is 0. The van der Waals surface area contributed by atoms with Crippen LogP contribution in [0.2, 0.25) is 5.02 Å². The zero-order valence-corrected chi connectivity index (χ0v) is 12.8. The van der Waals surface area contributed by atoms with Crippen molar-refractivity contribution in [2.45, 2.75) is 19.3 Å². The summed E-state index contributed by atoms with van der Waals surface area (Å²) in [6.45, 7) is 1.96. The Labute approximate surface area is 131 Å². The number of halogens is 1. The highest BCUT2D eigenvalue weighted by molar-refractivity contribution is 6.31. The number of rotatable bonds is 2. The summed E-state index contributed by atoms with van der Waals surface area (Å²) in [7, 11) is 1.50. The summed E-state index contributed by atoms with van der Waals surface area (Å²) >= 11 is 5.95. The third kappa shape index (κ3) is 2.57. The SMILES string of the molecule is CC1CC(=O)Oc2cc(Oc3cnn(C)c(=O)c3Cl)ccc21. The average Bonchev–Trinajstić information content (AvgIpc) is 2.47. The van der Waals surface area contributed by atoms with Gasteiger partial charge in [-0.2, -0.15) is 5.10 Å². The monoisotopic (exact) mass is 320 g/mol. The Balaban J connectivity index is 1.94. The number of nitrogens with zero attached hydrogens (tertiary/aromatic N) is 2. The third-order valence-corrected chi connectivity index (χ3v) is 3.83. The van der Waals surface area contributed by atoms with Gasteiger partial charge in [0.2, 0.25) is 0 Å². The highest BCUT2D eigenvalue weighted by atomic mass is 35.5. The Morgan fingerprint density at radius 3 is 2.95 bits per heavy atom. The molecule has 0 bridgehead atoms. The van der Waals surface area contributed by atoms with Crippen molar-refractivity contribution in [2.75, 3.05) is 0 Å². The number of aryl methyl sites for hydroxylation is 1. The van der Waals surface area contributed by atoms with Crippen molar-refractivity contribution in [2.24, 2.45) is 7.05 Å². The Hall–Kier alpha value is -2.34. The molecule has 114 valence electrons. The molecular formula is C15H13ClN2O4. The van der Waals surface area contributed by atoms with Gasteiger partial charge in [0, 0.05) is 13.1 Å². The average molecular weight is 321 g/mol. The predicted octanol–water partition coefficient (Wildman–Crippen LogP) is 2.64. The van der Waals surface area contributed by atoms with E-state index in [0.29, 0.717) is 17.9 Å². The van der Waals surface area contributed by atoms with Crippen LogP contribution >= 0.6 is 11.6 Å². The minimum Gasteiger partial charge on any atom is -0.454 e. The summed E-state index contributed by atoms with van der Waals surface area (Å²) in [4.78, 5) is 23.2. The second-order valence-electron chi connectivity index (χ2n) is 5.13. The van der Waals surface area contributed by atoms with Gasteiger partial charge in [-0.05, 0) is 17.5 Å². The minimum atomic E-state index is -0.447. The zero-order valence-electron chi connectivity index (χ0n) is 12.0. The summed E-state index contributed by atoms with van der Waals surface area (Å²) in [5.41, 5.74) is 0.498. The molecule has 6 nitrogen and oxygen atoms in total. The van der Waals surface area contributed by atoms with Gasteiger partial charge in [0.1, 0.15) is 11.5 Å². The van der Waals surface area contributed by atoms with Crippen molar-refractivity contribution in [3.05, 3.63) is 45.3 Å². The fourth-order valence-electron chi connectivity index (χ4n) is 2.29. The van der Waals surface area contributed by atoms with E-state index in [1.165, 1.54) is 13.2 Å². The first-order chi connectivity index (χ1) is 10.5. The van der Waals surface area contributed by atoms with Crippen molar-refractivity contribution in [1.82, 2.24) is 9.78 Å². The van der Waals surface area contributed by atoms with Crippen molar-refractivity contribution >= 4 is 17.6 Å². The van der Waals surface area contributed by atoms with Gasteiger partial charge in [0.05, 0.1) is 12.6 Å². The van der Waals surface area contributed by atoms with Crippen LogP contribution in [-0.2, 0) is 11.8 Å². The number of ether oxygens (including phenoxy) is 2. The van der Waals surface area contributed by atoms with Crippen LogP contribution in [0.5, 0.6) is 17.2 Å². The molecule has 0 aliphatic carbocycles. The molecule has 0 amide bonds. The number of benzene rings is 1. The molecule has 0 radical (unpaired) electrons. The Kier molecular flexibility index (Phi) is 3.62. The van der Waals surface area contributed by atoms with E-state index in [9.17, 15) is 9.59 Å². The molecule has 1 aliphatic rings. The van der Waals surface area contributed by atoms with Gasteiger partial charge < -0.3 is 9.47 Å². The highest BCUT2D eigenvalue weighted by Crippen LogP contribution is 2.37. The fraction of sp³-hybridized carbons (Fsp3) is 0.267. The standard InChI is InChI=1S/C15H13ClN2O4/c1-8-5-13(19)22-11-6-9(3-4-10(8)11)21-12-7-17-18(2)15(20)14(12)16/h3-4,6-8H,5H2,1-2H3. The van der Waals surface area contributed by atoms with Crippen LogP contribution in [0.25, 0.3) is 0 Å². The summed E-state index contributed by atoms with van der Waals surface area (Å²) in [6.07, 6.45) is 1.72. The molecule has 7 heteroatoms. The van der Waals surface area contributed by atoms with E-state index in [0.717, 1.165) is 10.2 Å². The molecule has 0 spiro atoms. The van der Waals surface area contributed by atoms with Gasteiger partial charge in [0.25, 0.3) is 5.56 Å². The maximum Gasteiger partial charge on any atom is 0.311 e. The molecule has 1 unspecified atom stereocenters. The minimum absolute atomic E-state index is 0.0550. The van der Waals surface area contributed by atoms with Crippen molar-refractivity contribution < 1.29 is 14.3 Å². The molecule has 2 aromatic rings. The maximum atomic E-state index is 11.7. The molecule has 3 rings (SSSR count). The van der Waals surface area contributed by atoms with Crippen LogP contribution in [0.15, 0.2) is 29.2 Å². The highest BCUT2D eigenvalue weighted by Gasteiger charge is 2.24. The molecular weight excluding hydrogens is 308 g/mol. The van der Waals surface area contributed by atoms with Gasteiger partial charge in [-0.1, -0.05) is 24.6 Å². The molecule has 1 aromatic heterocycles. The Morgan fingerprint density at radius 2 is 2.18 bits per heavy atom. The van der Waals surface area contributed by atoms with Crippen LogP contribution in [0.3, 0.4) is 0 Å². The van der Waals surface area contributed by atoms with Gasteiger partial charge in [-0.25, -0.2) is 4.68 Å². The Bertz CT molecular complexity index is 816. The maximum absolute atomic E-state index is 11.7. The van der Waals surface area contributed by atoms with Crippen LogP contribution in [-0.4, -0.2) is 15.7 Å². The van der Waals surface area contributed by atoms with E-state index in [1.54, 1.807) is 12.1 Å². The molecule has 22 heavy (non-hydrogen) atoms. The van der Waals surface area contributed by atoms with Crippen LogP contribution in [0, 0.1) is 0 Å². The van der Waals surface area contributed by atoms with Gasteiger partial charge in [0.15, 0.2) is 10.8 Å². The zero-order chi connectivity index (χ0) is 15.9. The molecule has 0 saturated carbocycles. The molecule has 1 aromatic carbocycles. The number of esters is 1. The summed E-state index contributed by atoms with van der Waals surface area (Å²) in [5.74, 6) is 0.858. The molecule has 2 heterocycles. The summed E-state index contributed by atoms with van der Waals surface area (Å²) in [5, 5.41) is 3.80. The second-order valence-corrected chi connectivity index (χ2v) is 5.51. The van der Waals surface area contributed by atoms with Crippen LogP contribution < -0.4 is 15.0 Å². The number of aromatic nitrogens is 2. The van der Waals surface area contributed by atoms with Crippen LogP contribution in [0.4, 0.5) is 0 Å². The first-order valence-corrected chi connectivity index (χ1v) is 7.08. The second kappa shape index (κ2) is 5.46.